The number of rotatable bonds is 0. The van der Waals surface area contributed by atoms with E-state index in [1.54, 1.807) is 10.6 Å². The second-order valence-corrected chi connectivity index (χ2v) is 3.25. The molecule has 2 aromatic rings. The van der Waals surface area contributed by atoms with Gasteiger partial charge in [0.05, 0.1) is 5.69 Å². The highest BCUT2D eigenvalue weighted by molar-refractivity contribution is 5.49. The Labute approximate surface area is 75.2 Å². The zero-order valence-electron chi connectivity index (χ0n) is 7.88. The highest BCUT2D eigenvalue weighted by atomic mass is 16.1. The van der Waals surface area contributed by atoms with E-state index in [9.17, 15) is 4.79 Å². The molecule has 0 aliphatic carbocycles. The SMILES string of the molecule is Cc1nn2c(C)cc(=O)[nH]c2c1C. The Bertz CT molecular complexity index is 521. The van der Waals surface area contributed by atoms with E-state index < -0.39 is 0 Å². The maximum Gasteiger partial charge on any atom is 0.251 e. The van der Waals surface area contributed by atoms with E-state index in [0.29, 0.717) is 0 Å². The molecule has 0 amide bonds. The molecule has 68 valence electrons. The van der Waals surface area contributed by atoms with E-state index >= 15 is 0 Å². The van der Waals surface area contributed by atoms with Crippen molar-refractivity contribution in [3.8, 4) is 0 Å². The summed E-state index contributed by atoms with van der Waals surface area (Å²) in [6.07, 6.45) is 0. The number of nitrogens with one attached hydrogen (secondary N) is 1. The third-order valence-corrected chi connectivity index (χ3v) is 2.28. The molecule has 2 rings (SSSR count). The van der Waals surface area contributed by atoms with Gasteiger partial charge in [0, 0.05) is 17.3 Å². The van der Waals surface area contributed by atoms with E-state index in [1.165, 1.54) is 0 Å². The van der Waals surface area contributed by atoms with Crippen LogP contribution in [-0.4, -0.2) is 14.6 Å². The van der Waals surface area contributed by atoms with Crippen molar-refractivity contribution in [1.82, 2.24) is 14.6 Å². The molecule has 1 N–H and O–H groups in total. The number of hydrogen-bond acceptors (Lipinski definition) is 2. The van der Waals surface area contributed by atoms with Crippen LogP contribution in [0.15, 0.2) is 10.9 Å². The lowest BCUT2D eigenvalue weighted by atomic mass is 10.3. The lowest BCUT2D eigenvalue weighted by Gasteiger charge is -1.96. The number of hydrogen-bond donors (Lipinski definition) is 1. The molecule has 0 aromatic carbocycles. The smallest absolute Gasteiger partial charge is 0.251 e. The van der Waals surface area contributed by atoms with Crippen LogP contribution in [0, 0.1) is 20.8 Å². The number of aromatic nitrogens is 3. The number of nitrogens with zero attached hydrogens (tertiary/aromatic N) is 2. The minimum absolute atomic E-state index is 0.0759. The van der Waals surface area contributed by atoms with Crippen LogP contribution in [0.3, 0.4) is 0 Å². The lowest BCUT2D eigenvalue weighted by Crippen LogP contribution is -2.09. The summed E-state index contributed by atoms with van der Waals surface area (Å²) in [5, 5.41) is 4.30. The molecule has 0 unspecified atom stereocenters. The average Bonchev–Trinajstić information content (AvgIpc) is 2.32. The zero-order valence-corrected chi connectivity index (χ0v) is 7.88. The molecule has 2 heterocycles. The molecule has 0 aliphatic rings. The first-order valence-corrected chi connectivity index (χ1v) is 4.15. The van der Waals surface area contributed by atoms with E-state index in [1.807, 2.05) is 20.8 Å². The molecular formula is C9H11N3O. The molecule has 4 nitrogen and oxygen atoms in total. The van der Waals surface area contributed by atoms with Gasteiger partial charge in [-0.25, -0.2) is 4.52 Å². The van der Waals surface area contributed by atoms with Crippen LogP contribution in [0.2, 0.25) is 0 Å². The summed E-state index contributed by atoms with van der Waals surface area (Å²) >= 11 is 0. The van der Waals surface area contributed by atoms with Crippen molar-refractivity contribution in [3.63, 3.8) is 0 Å². The number of H-pyrrole nitrogens is 1. The third kappa shape index (κ3) is 1.06. The van der Waals surface area contributed by atoms with Crippen molar-refractivity contribution in [3.05, 3.63) is 33.4 Å². The van der Waals surface area contributed by atoms with Crippen molar-refractivity contribution >= 4 is 5.65 Å². The van der Waals surface area contributed by atoms with E-state index in [-0.39, 0.29) is 5.56 Å². The van der Waals surface area contributed by atoms with Crippen molar-refractivity contribution in [2.24, 2.45) is 0 Å². The summed E-state index contributed by atoms with van der Waals surface area (Å²) in [6, 6.07) is 1.54. The van der Waals surface area contributed by atoms with Gasteiger partial charge in [-0.1, -0.05) is 0 Å². The lowest BCUT2D eigenvalue weighted by molar-refractivity contribution is 0.870. The van der Waals surface area contributed by atoms with Crippen LogP contribution in [0.1, 0.15) is 17.0 Å². The third-order valence-electron chi connectivity index (χ3n) is 2.28. The van der Waals surface area contributed by atoms with Crippen LogP contribution in [-0.2, 0) is 0 Å². The van der Waals surface area contributed by atoms with E-state index in [0.717, 1.165) is 22.6 Å². The standard InChI is InChI=1S/C9H11N3O/c1-5-4-8(13)10-9-6(2)7(3)11-12(5)9/h4H,1-3H3,(H,10,13). The minimum atomic E-state index is -0.0759. The zero-order chi connectivity index (χ0) is 9.59. The van der Waals surface area contributed by atoms with Gasteiger partial charge in [-0.15, -0.1) is 0 Å². The predicted octanol–water partition coefficient (Wildman–Crippen LogP) is 0.948. The maximum atomic E-state index is 11.2. The van der Waals surface area contributed by atoms with Gasteiger partial charge in [-0.3, -0.25) is 4.79 Å². The Balaban J connectivity index is 3.03. The predicted molar refractivity (Wildman–Crippen MR) is 50.0 cm³/mol. The second-order valence-electron chi connectivity index (χ2n) is 3.25. The number of aromatic amines is 1. The number of aryl methyl sites for hydroxylation is 3. The second kappa shape index (κ2) is 2.45. The molecule has 2 aromatic heterocycles. The van der Waals surface area contributed by atoms with Gasteiger partial charge in [-0.05, 0) is 20.8 Å². The maximum absolute atomic E-state index is 11.2. The highest BCUT2D eigenvalue weighted by Crippen LogP contribution is 2.10. The minimum Gasteiger partial charge on any atom is -0.307 e. The molecule has 0 saturated heterocycles. The fraction of sp³-hybridized carbons (Fsp3) is 0.333. The van der Waals surface area contributed by atoms with Crippen LogP contribution >= 0.6 is 0 Å². The Kier molecular flexibility index (Phi) is 1.52. The van der Waals surface area contributed by atoms with Gasteiger partial charge in [0.25, 0.3) is 5.56 Å². The summed E-state index contributed by atoms with van der Waals surface area (Å²) in [7, 11) is 0. The topological polar surface area (TPSA) is 50.2 Å². The normalized spacial score (nSPS) is 11.0. The largest absolute Gasteiger partial charge is 0.307 e. The average molecular weight is 177 g/mol. The Morgan fingerprint density at radius 3 is 2.77 bits per heavy atom. The van der Waals surface area contributed by atoms with Gasteiger partial charge in [0.15, 0.2) is 0 Å². The van der Waals surface area contributed by atoms with Gasteiger partial charge < -0.3 is 4.98 Å². The van der Waals surface area contributed by atoms with Gasteiger partial charge in [-0.2, -0.15) is 5.10 Å². The molecular weight excluding hydrogens is 166 g/mol. The fourth-order valence-corrected chi connectivity index (χ4v) is 1.41. The monoisotopic (exact) mass is 177 g/mol. The first-order valence-electron chi connectivity index (χ1n) is 4.15. The van der Waals surface area contributed by atoms with Gasteiger partial charge in [0.1, 0.15) is 5.65 Å². The van der Waals surface area contributed by atoms with Crippen molar-refractivity contribution in [1.29, 1.82) is 0 Å². The summed E-state index contributed by atoms with van der Waals surface area (Å²) in [5.41, 5.74) is 3.55. The van der Waals surface area contributed by atoms with Crippen LogP contribution < -0.4 is 5.56 Å². The van der Waals surface area contributed by atoms with Gasteiger partial charge in [0.2, 0.25) is 0 Å². The Hall–Kier alpha value is -1.58. The Morgan fingerprint density at radius 1 is 1.38 bits per heavy atom. The van der Waals surface area contributed by atoms with E-state index in [4.69, 9.17) is 0 Å². The van der Waals surface area contributed by atoms with Crippen molar-refractivity contribution in [2.75, 3.05) is 0 Å². The molecule has 0 aliphatic heterocycles. The summed E-state index contributed by atoms with van der Waals surface area (Å²) in [5.74, 6) is 0. The van der Waals surface area contributed by atoms with Crippen LogP contribution in [0.5, 0.6) is 0 Å². The summed E-state index contributed by atoms with van der Waals surface area (Å²) in [6.45, 7) is 5.75. The Morgan fingerprint density at radius 2 is 2.08 bits per heavy atom. The molecule has 0 atom stereocenters. The van der Waals surface area contributed by atoms with Crippen molar-refractivity contribution < 1.29 is 0 Å². The van der Waals surface area contributed by atoms with Crippen molar-refractivity contribution in [2.45, 2.75) is 20.8 Å². The molecule has 0 spiro atoms. The summed E-state index contributed by atoms with van der Waals surface area (Å²) < 4.78 is 1.76. The molecule has 0 saturated carbocycles. The van der Waals surface area contributed by atoms with E-state index in [2.05, 4.69) is 10.1 Å². The fourth-order valence-electron chi connectivity index (χ4n) is 1.41. The molecule has 4 heteroatoms. The molecule has 0 bridgehead atoms. The number of fused-ring (bicyclic) bond motifs is 1. The van der Waals surface area contributed by atoms with Crippen LogP contribution in [0.25, 0.3) is 5.65 Å². The molecule has 0 radical (unpaired) electrons. The van der Waals surface area contributed by atoms with Gasteiger partial charge >= 0.3 is 0 Å². The quantitative estimate of drug-likeness (QED) is 0.651. The summed E-state index contributed by atoms with van der Waals surface area (Å²) in [4.78, 5) is 13.9. The first-order chi connectivity index (χ1) is 6.09. The molecule has 13 heavy (non-hydrogen) atoms. The molecule has 0 fully saturated rings. The highest BCUT2D eigenvalue weighted by Gasteiger charge is 2.06. The first kappa shape index (κ1) is 8.04. The van der Waals surface area contributed by atoms with Crippen LogP contribution in [0.4, 0.5) is 0 Å².